The summed E-state index contributed by atoms with van der Waals surface area (Å²) < 4.78 is 28.2. The van der Waals surface area contributed by atoms with Crippen LogP contribution in [0.2, 0.25) is 5.02 Å². The van der Waals surface area contributed by atoms with E-state index in [-0.39, 0.29) is 27.4 Å². The number of benzene rings is 2. The highest BCUT2D eigenvalue weighted by atomic mass is 35.5. The number of nitrogens with zero attached hydrogens (tertiary/aromatic N) is 1. The van der Waals surface area contributed by atoms with Gasteiger partial charge in [0.05, 0.1) is 15.5 Å². The molecule has 30 heavy (non-hydrogen) atoms. The van der Waals surface area contributed by atoms with Crippen molar-refractivity contribution in [2.24, 2.45) is 0 Å². The molecule has 1 amide bonds. The second kappa shape index (κ2) is 9.37. The first kappa shape index (κ1) is 22.6. The van der Waals surface area contributed by atoms with Crippen LogP contribution in [-0.2, 0) is 10.0 Å². The first-order chi connectivity index (χ1) is 14.2. The van der Waals surface area contributed by atoms with Crippen LogP contribution in [0, 0.1) is 6.92 Å². The van der Waals surface area contributed by atoms with Crippen LogP contribution >= 0.6 is 11.6 Å². The lowest BCUT2D eigenvalue weighted by atomic mass is 9.90. The Kier molecular flexibility index (Phi) is 7.06. The van der Waals surface area contributed by atoms with Gasteiger partial charge in [0.2, 0.25) is 0 Å². The van der Waals surface area contributed by atoms with Gasteiger partial charge < -0.3 is 10.2 Å². The lowest BCUT2D eigenvalue weighted by Gasteiger charge is -2.33. The molecule has 0 heterocycles. The molecule has 2 aromatic carbocycles. The third-order valence-electron chi connectivity index (χ3n) is 5.48. The molecule has 0 aliphatic heterocycles. The Hall–Kier alpha value is -2.09. The maximum absolute atomic E-state index is 12.9. The van der Waals surface area contributed by atoms with Gasteiger partial charge in [-0.05, 0) is 82.6 Å². The monoisotopic (exact) mass is 449 g/mol. The summed E-state index contributed by atoms with van der Waals surface area (Å²) in [6.45, 7) is 1.88. The zero-order valence-corrected chi connectivity index (χ0v) is 19.1. The van der Waals surface area contributed by atoms with Crippen LogP contribution in [0.1, 0.15) is 41.6 Å². The minimum Gasteiger partial charge on any atom is -0.349 e. The number of halogens is 1. The SMILES string of the molecule is Cc1cccc(NS(=O)(=O)c2ccc(Cl)c(C(=O)N[C@@H]3CCC[C@@H](N(C)C)C3)c2)c1. The van der Waals surface area contributed by atoms with Crippen molar-refractivity contribution in [2.75, 3.05) is 18.8 Å². The van der Waals surface area contributed by atoms with Gasteiger partial charge in [0.15, 0.2) is 0 Å². The van der Waals surface area contributed by atoms with Crippen LogP contribution in [0.4, 0.5) is 5.69 Å². The van der Waals surface area contributed by atoms with E-state index in [1.165, 1.54) is 18.2 Å². The number of anilines is 1. The number of carbonyl (C=O) groups is 1. The fraction of sp³-hybridized carbons (Fsp3) is 0.409. The Balaban J connectivity index is 1.78. The largest absolute Gasteiger partial charge is 0.349 e. The second-order valence-corrected chi connectivity index (χ2v) is 10.2. The number of carbonyl (C=O) groups excluding carboxylic acids is 1. The fourth-order valence-electron chi connectivity index (χ4n) is 3.80. The van der Waals surface area contributed by atoms with Gasteiger partial charge in [0.1, 0.15) is 0 Å². The summed E-state index contributed by atoms with van der Waals surface area (Å²) in [5.74, 6) is -0.350. The number of aryl methyl sites for hydroxylation is 1. The van der Waals surface area contributed by atoms with E-state index in [0.717, 1.165) is 31.2 Å². The Morgan fingerprint density at radius 3 is 2.60 bits per heavy atom. The Bertz CT molecular complexity index is 1020. The number of rotatable bonds is 6. The van der Waals surface area contributed by atoms with Gasteiger partial charge in [-0.25, -0.2) is 8.42 Å². The highest BCUT2D eigenvalue weighted by molar-refractivity contribution is 7.92. The van der Waals surface area contributed by atoms with Crippen molar-refractivity contribution in [2.45, 2.75) is 49.6 Å². The molecule has 162 valence electrons. The first-order valence-corrected chi connectivity index (χ1v) is 11.9. The molecule has 1 saturated carbocycles. The summed E-state index contributed by atoms with van der Waals surface area (Å²) in [4.78, 5) is 15.0. The molecular weight excluding hydrogens is 422 g/mol. The van der Waals surface area contributed by atoms with E-state index in [1.54, 1.807) is 18.2 Å². The van der Waals surface area contributed by atoms with Crippen LogP contribution in [-0.4, -0.2) is 45.4 Å². The molecule has 0 unspecified atom stereocenters. The lowest BCUT2D eigenvalue weighted by Crippen LogP contribution is -2.43. The number of hydrogen-bond donors (Lipinski definition) is 2. The zero-order valence-electron chi connectivity index (χ0n) is 17.5. The van der Waals surface area contributed by atoms with Gasteiger partial charge in [0.25, 0.3) is 15.9 Å². The topological polar surface area (TPSA) is 78.5 Å². The normalized spacial score (nSPS) is 19.5. The van der Waals surface area contributed by atoms with Crippen LogP contribution < -0.4 is 10.0 Å². The molecule has 0 radical (unpaired) electrons. The molecule has 2 N–H and O–H groups in total. The summed E-state index contributed by atoms with van der Waals surface area (Å²) in [6.07, 6.45) is 3.92. The van der Waals surface area contributed by atoms with Crippen molar-refractivity contribution < 1.29 is 13.2 Å². The Morgan fingerprint density at radius 1 is 1.13 bits per heavy atom. The van der Waals surface area contributed by atoms with Crippen LogP contribution in [0.15, 0.2) is 47.4 Å². The minimum absolute atomic E-state index is 0.00614. The van der Waals surface area contributed by atoms with E-state index < -0.39 is 10.0 Å². The van der Waals surface area contributed by atoms with Gasteiger partial charge in [-0.2, -0.15) is 0 Å². The fourth-order valence-corrected chi connectivity index (χ4v) is 5.07. The van der Waals surface area contributed by atoms with E-state index >= 15 is 0 Å². The predicted octanol–water partition coefficient (Wildman–Crippen LogP) is 4.05. The smallest absolute Gasteiger partial charge is 0.261 e. The quantitative estimate of drug-likeness (QED) is 0.697. The highest BCUT2D eigenvalue weighted by Gasteiger charge is 2.26. The van der Waals surface area contributed by atoms with E-state index in [9.17, 15) is 13.2 Å². The number of nitrogens with one attached hydrogen (secondary N) is 2. The molecule has 1 aliphatic carbocycles. The number of amides is 1. The van der Waals surface area contributed by atoms with E-state index in [4.69, 9.17) is 11.6 Å². The maximum Gasteiger partial charge on any atom is 0.261 e. The molecular formula is C22H28ClN3O3S. The van der Waals surface area contributed by atoms with Gasteiger partial charge in [-0.15, -0.1) is 0 Å². The third-order valence-corrected chi connectivity index (χ3v) is 7.18. The highest BCUT2D eigenvalue weighted by Crippen LogP contribution is 2.25. The summed E-state index contributed by atoms with van der Waals surface area (Å²) >= 11 is 6.23. The number of sulfonamides is 1. The molecule has 1 aliphatic rings. The first-order valence-electron chi connectivity index (χ1n) is 10.0. The van der Waals surface area contributed by atoms with Crippen LogP contribution in [0.3, 0.4) is 0 Å². The van der Waals surface area contributed by atoms with Gasteiger partial charge in [-0.3, -0.25) is 9.52 Å². The van der Waals surface area contributed by atoms with Gasteiger partial charge in [0, 0.05) is 17.8 Å². The van der Waals surface area contributed by atoms with E-state index in [1.807, 2.05) is 27.1 Å². The Morgan fingerprint density at radius 2 is 1.90 bits per heavy atom. The molecule has 3 rings (SSSR count). The van der Waals surface area contributed by atoms with E-state index in [2.05, 4.69) is 14.9 Å². The van der Waals surface area contributed by atoms with Gasteiger partial charge in [-0.1, -0.05) is 23.7 Å². The molecule has 6 nitrogen and oxygen atoms in total. The van der Waals surface area contributed by atoms with Crippen molar-refractivity contribution >= 4 is 33.2 Å². The zero-order chi connectivity index (χ0) is 21.9. The van der Waals surface area contributed by atoms with E-state index in [0.29, 0.717) is 11.7 Å². The molecule has 2 aromatic rings. The summed E-state index contributed by atoms with van der Waals surface area (Å²) in [5, 5.41) is 3.26. The van der Waals surface area contributed by atoms with Crippen molar-refractivity contribution in [3.63, 3.8) is 0 Å². The average molecular weight is 450 g/mol. The predicted molar refractivity (Wildman–Crippen MR) is 121 cm³/mol. The summed E-state index contributed by atoms with van der Waals surface area (Å²) in [5.41, 5.74) is 1.57. The average Bonchev–Trinajstić information content (AvgIpc) is 2.68. The molecule has 0 spiro atoms. The minimum atomic E-state index is -3.85. The Labute approximate surface area is 183 Å². The summed E-state index contributed by atoms with van der Waals surface area (Å²) in [7, 11) is 0.235. The van der Waals surface area contributed by atoms with Gasteiger partial charge >= 0.3 is 0 Å². The van der Waals surface area contributed by atoms with Crippen molar-refractivity contribution in [1.82, 2.24) is 10.2 Å². The van der Waals surface area contributed by atoms with Crippen molar-refractivity contribution in [3.05, 3.63) is 58.6 Å². The maximum atomic E-state index is 12.9. The molecule has 0 bridgehead atoms. The molecule has 0 aromatic heterocycles. The van der Waals surface area contributed by atoms with Crippen LogP contribution in [0.25, 0.3) is 0 Å². The molecule has 1 fully saturated rings. The lowest BCUT2D eigenvalue weighted by molar-refractivity contribution is 0.0911. The summed E-state index contributed by atoms with van der Waals surface area (Å²) in [6, 6.07) is 11.7. The molecule has 0 saturated heterocycles. The third kappa shape index (κ3) is 5.53. The second-order valence-electron chi connectivity index (χ2n) is 8.07. The standard InChI is InChI=1S/C22H28ClN3O3S/c1-15-6-4-8-17(12-15)25-30(28,29)19-10-11-21(23)20(14-19)22(27)24-16-7-5-9-18(13-16)26(2)3/h4,6,8,10-12,14,16,18,25H,5,7,9,13H2,1-3H3,(H,24,27)/t16-,18-/m1/s1. The molecule has 2 atom stereocenters. The van der Waals surface area contributed by atoms with Crippen LogP contribution in [0.5, 0.6) is 0 Å². The number of hydrogen-bond acceptors (Lipinski definition) is 4. The molecule has 8 heteroatoms. The van der Waals surface area contributed by atoms with Crippen molar-refractivity contribution in [3.8, 4) is 0 Å². The van der Waals surface area contributed by atoms with Crippen molar-refractivity contribution in [1.29, 1.82) is 0 Å².